The summed E-state index contributed by atoms with van der Waals surface area (Å²) in [5.41, 5.74) is 1.76. The summed E-state index contributed by atoms with van der Waals surface area (Å²) in [7, 11) is -3.46. The average molecular weight is 336 g/mol. The molecule has 0 unspecified atom stereocenters. The highest BCUT2D eigenvalue weighted by molar-refractivity contribution is 7.92. The molecule has 0 amide bonds. The van der Waals surface area contributed by atoms with Gasteiger partial charge in [0, 0.05) is 23.5 Å². The van der Waals surface area contributed by atoms with E-state index in [9.17, 15) is 8.42 Å². The molecule has 0 aliphatic heterocycles. The van der Waals surface area contributed by atoms with Gasteiger partial charge in [-0.3, -0.25) is 0 Å². The first-order valence-corrected chi connectivity index (χ1v) is 8.87. The lowest BCUT2D eigenvalue weighted by molar-refractivity contribution is 0.430. The number of rotatable bonds is 6. The van der Waals surface area contributed by atoms with Gasteiger partial charge in [0.1, 0.15) is 0 Å². The van der Waals surface area contributed by atoms with Crippen LogP contribution in [-0.2, 0) is 16.6 Å². The number of nitrogens with zero attached hydrogens (tertiary/aromatic N) is 1. The Hall–Kier alpha value is -1.62. The highest BCUT2D eigenvalue weighted by Gasteiger charge is 2.17. The Morgan fingerprint density at radius 2 is 1.68 bits per heavy atom. The highest BCUT2D eigenvalue weighted by atomic mass is 35.5. The fourth-order valence-corrected chi connectivity index (χ4v) is 3.31. The molecule has 0 saturated carbocycles. The molecule has 0 aromatic heterocycles. The first-order chi connectivity index (χ1) is 10.5. The molecule has 0 spiro atoms. The maximum Gasteiger partial charge on any atom is 0.236 e. The Bertz CT molecular complexity index is 725. The van der Waals surface area contributed by atoms with Gasteiger partial charge in [-0.05, 0) is 29.3 Å². The predicted molar refractivity (Wildman–Crippen MR) is 91.9 cm³/mol. The van der Waals surface area contributed by atoms with Gasteiger partial charge in [0.2, 0.25) is 10.0 Å². The van der Waals surface area contributed by atoms with Crippen LogP contribution >= 0.6 is 11.6 Å². The zero-order valence-corrected chi connectivity index (χ0v) is 13.9. The van der Waals surface area contributed by atoms with Crippen molar-refractivity contribution >= 4 is 27.7 Å². The second-order valence-corrected chi connectivity index (χ2v) is 7.07. The van der Waals surface area contributed by atoms with Crippen molar-refractivity contribution in [2.45, 2.75) is 13.5 Å². The SMILES string of the molecule is CCN(Cc1ccccc1)S(=O)(=O)/C=C/c1ccc(Cl)cc1. The molecule has 2 aromatic carbocycles. The Morgan fingerprint density at radius 3 is 2.27 bits per heavy atom. The maximum atomic E-state index is 12.4. The van der Waals surface area contributed by atoms with E-state index in [-0.39, 0.29) is 0 Å². The van der Waals surface area contributed by atoms with Crippen LogP contribution in [0.4, 0.5) is 0 Å². The summed E-state index contributed by atoms with van der Waals surface area (Å²) in [6.07, 6.45) is 1.58. The second kappa shape index (κ2) is 7.58. The van der Waals surface area contributed by atoms with Gasteiger partial charge in [0.15, 0.2) is 0 Å². The Kier molecular flexibility index (Phi) is 5.77. The topological polar surface area (TPSA) is 37.4 Å². The van der Waals surface area contributed by atoms with E-state index in [2.05, 4.69) is 0 Å². The van der Waals surface area contributed by atoms with Gasteiger partial charge in [-0.15, -0.1) is 0 Å². The summed E-state index contributed by atoms with van der Waals surface area (Å²) >= 11 is 5.81. The van der Waals surface area contributed by atoms with Crippen molar-refractivity contribution in [1.29, 1.82) is 0 Å². The summed E-state index contributed by atoms with van der Waals surface area (Å²) in [6.45, 7) is 2.61. The van der Waals surface area contributed by atoms with Crippen LogP contribution in [-0.4, -0.2) is 19.3 Å². The third kappa shape index (κ3) is 4.70. The molecule has 0 radical (unpaired) electrons. The molecule has 2 aromatic rings. The van der Waals surface area contributed by atoms with E-state index in [1.165, 1.54) is 9.71 Å². The van der Waals surface area contributed by atoms with E-state index >= 15 is 0 Å². The number of sulfonamides is 1. The van der Waals surface area contributed by atoms with Crippen LogP contribution in [0.3, 0.4) is 0 Å². The molecule has 3 nitrogen and oxygen atoms in total. The number of hydrogen-bond donors (Lipinski definition) is 0. The van der Waals surface area contributed by atoms with Gasteiger partial charge in [-0.1, -0.05) is 61.0 Å². The first-order valence-electron chi connectivity index (χ1n) is 6.99. The van der Waals surface area contributed by atoms with Crippen molar-refractivity contribution in [2.75, 3.05) is 6.54 Å². The van der Waals surface area contributed by atoms with Crippen molar-refractivity contribution in [3.63, 3.8) is 0 Å². The molecule has 2 rings (SSSR count). The molecule has 0 aliphatic carbocycles. The summed E-state index contributed by atoms with van der Waals surface area (Å²) in [6, 6.07) is 16.6. The van der Waals surface area contributed by atoms with E-state index in [0.29, 0.717) is 18.1 Å². The van der Waals surface area contributed by atoms with Crippen LogP contribution < -0.4 is 0 Å². The molecule has 0 heterocycles. The summed E-state index contributed by atoms with van der Waals surface area (Å²) in [5, 5.41) is 1.86. The number of benzene rings is 2. The Morgan fingerprint density at radius 1 is 1.05 bits per heavy atom. The van der Waals surface area contributed by atoms with Crippen molar-refractivity contribution in [3.05, 3.63) is 76.2 Å². The molecule has 0 fully saturated rings. The van der Waals surface area contributed by atoms with E-state index in [0.717, 1.165) is 11.1 Å². The van der Waals surface area contributed by atoms with Crippen molar-refractivity contribution in [3.8, 4) is 0 Å². The molecular formula is C17H18ClNO2S. The van der Waals surface area contributed by atoms with E-state index < -0.39 is 10.0 Å². The molecule has 5 heteroatoms. The highest BCUT2D eigenvalue weighted by Crippen LogP contribution is 2.14. The smallest absolute Gasteiger partial charge is 0.207 e. The summed E-state index contributed by atoms with van der Waals surface area (Å²) in [4.78, 5) is 0. The van der Waals surface area contributed by atoms with Crippen LogP contribution in [0.25, 0.3) is 6.08 Å². The Labute approximate surface area is 136 Å². The average Bonchev–Trinajstić information content (AvgIpc) is 2.53. The molecular weight excluding hydrogens is 318 g/mol. The van der Waals surface area contributed by atoms with Crippen LogP contribution in [0, 0.1) is 0 Å². The summed E-state index contributed by atoms with van der Waals surface area (Å²) in [5.74, 6) is 0. The lowest BCUT2D eigenvalue weighted by Crippen LogP contribution is -2.28. The lowest BCUT2D eigenvalue weighted by atomic mass is 10.2. The zero-order valence-electron chi connectivity index (χ0n) is 12.3. The van der Waals surface area contributed by atoms with Gasteiger partial charge in [-0.2, -0.15) is 4.31 Å². The van der Waals surface area contributed by atoms with Crippen molar-refractivity contribution in [2.24, 2.45) is 0 Å². The molecule has 0 aliphatic rings. The minimum Gasteiger partial charge on any atom is -0.207 e. The predicted octanol–water partition coefficient (Wildman–Crippen LogP) is 4.16. The number of halogens is 1. The molecule has 116 valence electrons. The maximum absolute atomic E-state index is 12.4. The third-order valence-electron chi connectivity index (χ3n) is 3.22. The second-order valence-electron chi connectivity index (χ2n) is 4.81. The molecule has 0 bridgehead atoms. The largest absolute Gasteiger partial charge is 0.236 e. The van der Waals surface area contributed by atoms with Gasteiger partial charge in [-0.25, -0.2) is 8.42 Å². The van der Waals surface area contributed by atoms with Crippen molar-refractivity contribution in [1.82, 2.24) is 4.31 Å². The van der Waals surface area contributed by atoms with Crippen LogP contribution in [0.15, 0.2) is 60.0 Å². The van der Waals surface area contributed by atoms with Gasteiger partial charge < -0.3 is 0 Å². The fourth-order valence-electron chi connectivity index (χ4n) is 1.99. The third-order valence-corrected chi connectivity index (χ3v) is 5.06. The molecule has 0 N–H and O–H groups in total. The molecule has 0 atom stereocenters. The summed E-state index contributed by atoms with van der Waals surface area (Å²) < 4.78 is 26.3. The minimum atomic E-state index is -3.46. The van der Waals surface area contributed by atoms with Gasteiger partial charge in [0.25, 0.3) is 0 Å². The quantitative estimate of drug-likeness (QED) is 0.794. The van der Waals surface area contributed by atoms with E-state index in [1.807, 2.05) is 37.3 Å². The van der Waals surface area contributed by atoms with Gasteiger partial charge >= 0.3 is 0 Å². The standard InChI is InChI=1S/C17H18ClNO2S/c1-2-19(14-16-6-4-3-5-7-16)22(20,21)13-12-15-8-10-17(18)11-9-15/h3-13H,2,14H2,1H3/b13-12+. The fraction of sp³-hybridized carbons (Fsp3) is 0.176. The van der Waals surface area contributed by atoms with Crippen LogP contribution in [0.1, 0.15) is 18.1 Å². The van der Waals surface area contributed by atoms with Crippen molar-refractivity contribution < 1.29 is 8.42 Å². The first kappa shape index (κ1) is 16.7. The normalized spacial score (nSPS) is 12.1. The van der Waals surface area contributed by atoms with Gasteiger partial charge in [0.05, 0.1) is 0 Å². The van der Waals surface area contributed by atoms with E-state index in [1.54, 1.807) is 30.3 Å². The molecule has 0 saturated heterocycles. The van der Waals surface area contributed by atoms with Crippen LogP contribution in [0.2, 0.25) is 5.02 Å². The minimum absolute atomic E-state index is 0.366. The van der Waals surface area contributed by atoms with E-state index in [4.69, 9.17) is 11.6 Å². The zero-order chi connectivity index (χ0) is 16.0. The Balaban J connectivity index is 2.14. The number of hydrogen-bond acceptors (Lipinski definition) is 2. The molecule has 22 heavy (non-hydrogen) atoms. The monoisotopic (exact) mass is 335 g/mol. The van der Waals surface area contributed by atoms with Crippen LogP contribution in [0.5, 0.6) is 0 Å². The lowest BCUT2D eigenvalue weighted by Gasteiger charge is -2.18.